The van der Waals surface area contributed by atoms with E-state index in [0.717, 1.165) is 5.56 Å². The molecule has 0 saturated carbocycles. The maximum Gasteiger partial charge on any atom is 0.233 e. The lowest BCUT2D eigenvalue weighted by Gasteiger charge is -2.30. The second-order valence-corrected chi connectivity index (χ2v) is 7.58. The van der Waals surface area contributed by atoms with Crippen LogP contribution in [0.25, 0.3) is 22.2 Å². The van der Waals surface area contributed by atoms with Crippen LogP contribution in [0.4, 0.5) is 4.39 Å². The van der Waals surface area contributed by atoms with Gasteiger partial charge in [0.2, 0.25) is 5.91 Å². The minimum absolute atomic E-state index is 0.0735. The molecule has 0 radical (unpaired) electrons. The van der Waals surface area contributed by atoms with Crippen molar-refractivity contribution < 1.29 is 14.3 Å². The van der Waals surface area contributed by atoms with Crippen LogP contribution in [0, 0.1) is 5.82 Å². The fourth-order valence-corrected chi connectivity index (χ4v) is 3.70. The molecule has 0 fully saturated rings. The molecule has 2 heterocycles. The summed E-state index contributed by atoms with van der Waals surface area (Å²) in [6.45, 7) is -0.258. The Morgan fingerprint density at radius 2 is 1.77 bits per heavy atom. The summed E-state index contributed by atoms with van der Waals surface area (Å²) < 4.78 is 14.3. The quantitative estimate of drug-likeness (QED) is 0.370. The van der Waals surface area contributed by atoms with E-state index in [9.17, 15) is 14.3 Å². The van der Waals surface area contributed by atoms with Gasteiger partial charge in [0.25, 0.3) is 0 Å². The molecular weight excluding hydrogens is 419 g/mol. The SMILES string of the molecule is NCC(=O)NCC(O)(c1ccc(Cl)cc1)c1ccc(-c2ccnc3[nH]cc(F)c23)cc1. The van der Waals surface area contributed by atoms with E-state index in [4.69, 9.17) is 17.3 Å². The monoisotopic (exact) mass is 438 g/mol. The highest BCUT2D eigenvalue weighted by Gasteiger charge is 2.32. The maximum absolute atomic E-state index is 14.3. The van der Waals surface area contributed by atoms with Crippen molar-refractivity contribution in [2.75, 3.05) is 13.1 Å². The summed E-state index contributed by atoms with van der Waals surface area (Å²) in [6, 6.07) is 15.6. The fraction of sp³-hybridized carbons (Fsp3) is 0.130. The normalized spacial score (nSPS) is 13.2. The van der Waals surface area contributed by atoms with Crippen molar-refractivity contribution in [3.8, 4) is 11.1 Å². The Labute approximate surface area is 182 Å². The number of halogens is 2. The van der Waals surface area contributed by atoms with Crippen LogP contribution in [0.15, 0.2) is 67.0 Å². The molecule has 0 aliphatic carbocycles. The van der Waals surface area contributed by atoms with Crippen LogP contribution in [-0.4, -0.2) is 34.1 Å². The molecule has 0 aliphatic heterocycles. The van der Waals surface area contributed by atoms with Gasteiger partial charge >= 0.3 is 0 Å². The zero-order valence-corrected chi connectivity index (χ0v) is 17.2. The number of H-pyrrole nitrogens is 1. The third kappa shape index (κ3) is 4.03. The average Bonchev–Trinajstić information content (AvgIpc) is 3.19. The lowest BCUT2D eigenvalue weighted by molar-refractivity contribution is -0.120. The number of aliphatic hydroxyl groups is 1. The molecular formula is C23H20ClFN4O2. The molecule has 31 heavy (non-hydrogen) atoms. The van der Waals surface area contributed by atoms with E-state index in [1.807, 2.05) is 0 Å². The first kappa shape index (κ1) is 21.0. The van der Waals surface area contributed by atoms with E-state index in [1.54, 1.807) is 60.8 Å². The number of nitrogens with one attached hydrogen (secondary N) is 2. The number of aromatic amines is 1. The highest BCUT2D eigenvalue weighted by atomic mass is 35.5. The van der Waals surface area contributed by atoms with Gasteiger partial charge in [0.1, 0.15) is 11.2 Å². The van der Waals surface area contributed by atoms with Crippen molar-refractivity contribution in [1.82, 2.24) is 15.3 Å². The Hall–Kier alpha value is -3.26. The van der Waals surface area contributed by atoms with E-state index in [1.165, 1.54) is 6.20 Å². The van der Waals surface area contributed by atoms with Crippen molar-refractivity contribution >= 4 is 28.5 Å². The predicted molar refractivity (Wildman–Crippen MR) is 118 cm³/mol. The van der Waals surface area contributed by atoms with Crippen LogP contribution in [0.2, 0.25) is 5.02 Å². The lowest BCUT2D eigenvalue weighted by Crippen LogP contribution is -2.43. The smallest absolute Gasteiger partial charge is 0.233 e. The van der Waals surface area contributed by atoms with Gasteiger partial charge in [0, 0.05) is 17.4 Å². The van der Waals surface area contributed by atoms with Gasteiger partial charge in [-0.2, -0.15) is 0 Å². The van der Waals surface area contributed by atoms with Gasteiger partial charge in [-0.05, 0) is 40.5 Å². The van der Waals surface area contributed by atoms with Gasteiger partial charge in [0.05, 0.1) is 18.5 Å². The van der Waals surface area contributed by atoms with E-state index in [2.05, 4.69) is 15.3 Å². The molecule has 5 N–H and O–H groups in total. The summed E-state index contributed by atoms with van der Waals surface area (Å²) in [5, 5.41) is 15.1. The molecule has 1 unspecified atom stereocenters. The average molecular weight is 439 g/mol. The zero-order valence-electron chi connectivity index (χ0n) is 16.4. The van der Waals surface area contributed by atoms with Crippen molar-refractivity contribution in [3.63, 3.8) is 0 Å². The highest BCUT2D eigenvalue weighted by Crippen LogP contribution is 2.34. The summed E-state index contributed by atoms with van der Waals surface area (Å²) >= 11 is 5.99. The molecule has 8 heteroatoms. The Balaban J connectivity index is 1.74. The highest BCUT2D eigenvalue weighted by molar-refractivity contribution is 6.30. The molecule has 0 saturated heterocycles. The molecule has 4 aromatic rings. The number of hydrogen-bond acceptors (Lipinski definition) is 4. The van der Waals surface area contributed by atoms with E-state index in [-0.39, 0.29) is 24.8 Å². The third-order valence-corrected chi connectivity index (χ3v) is 5.50. The maximum atomic E-state index is 14.3. The number of rotatable bonds is 6. The van der Waals surface area contributed by atoms with Crippen LogP contribution in [0.5, 0.6) is 0 Å². The summed E-state index contributed by atoms with van der Waals surface area (Å²) in [5.41, 5.74) is 6.89. The second kappa shape index (κ2) is 8.47. The zero-order chi connectivity index (χ0) is 22.0. The van der Waals surface area contributed by atoms with Gasteiger partial charge in [-0.25, -0.2) is 9.37 Å². The van der Waals surface area contributed by atoms with E-state index >= 15 is 0 Å². The molecule has 1 atom stereocenters. The summed E-state index contributed by atoms with van der Waals surface area (Å²) in [4.78, 5) is 18.7. The Morgan fingerprint density at radius 3 is 2.42 bits per heavy atom. The minimum atomic E-state index is -1.51. The summed E-state index contributed by atoms with van der Waals surface area (Å²) in [5.74, 6) is -0.768. The molecule has 0 spiro atoms. The van der Waals surface area contributed by atoms with E-state index in [0.29, 0.717) is 32.7 Å². The standard InChI is InChI=1S/C23H20ClFN4O2/c24-17-7-5-16(6-8-17)23(31,13-29-20(30)11-26)15-3-1-14(2-4-15)18-9-10-27-22-21(18)19(25)12-28-22/h1-10,12,31H,11,13,26H2,(H,27,28)(H,29,30). The molecule has 0 aliphatic rings. The third-order valence-electron chi connectivity index (χ3n) is 5.25. The Kier molecular flexibility index (Phi) is 5.73. The number of benzene rings is 2. The van der Waals surface area contributed by atoms with Gasteiger partial charge in [-0.15, -0.1) is 0 Å². The summed E-state index contributed by atoms with van der Waals surface area (Å²) in [7, 11) is 0. The molecule has 1 amide bonds. The summed E-state index contributed by atoms with van der Waals surface area (Å²) in [6.07, 6.45) is 2.88. The number of carbonyl (C=O) groups is 1. The molecule has 2 aromatic heterocycles. The number of nitrogens with two attached hydrogens (primary N) is 1. The number of hydrogen-bond donors (Lipinski definition) is 4. The first-order valence-corrected chi connectivity index (χ1v) is 9.98. The van der Waals surface area contributed by atoms with Crippen LogP contribution < -0.4 is 11.1 Å². The Morgan fingerprint density at radius 1 is 1.13 bits per heavy atom. The number of amides is 1. The predicted octanol–water partition coefficient (Wildman–Crippen LogP) is 3.33. The van der Waals surface area contributed by atoms with Crippen molar-refractivity contribution in [3.05, 3.63) is 89.0 Å². The molecule has 0 bridgehead atoms. The molecule has 158 valence electrons. The minimum Gasteiger partial charge on any atom is -0.379 e. The number of nitrogens with zero attached hydrogens (tertiary/aromatic N) is 1. The van der Waals surface area contributed by atoms with Crippen LogP contribution >= 0.6 is 11.6 Å². The van der Waals surface area contributed by atoms with Gasteiger partial charge in [-0.1, -0.05) is 48.0 Å². The fourth-order valence-electron chi connectivity index (χ4n) is 3.58. The first-order valence-electron chi connectivity index (χ1n) is 9.60. The van der Waals surface area contributed by atoms with Crippen LogP contribution in [0.1, 0.15) is 11.1 Å². The van der Waals surface area contributed by atoms with Gasteiger partial charge in [0.15, 0.2) is 5.82 Å². The lowest BCUT2D eigenvalue weighted by atomic mass is 9.85. The number of fused-ring (bicyclic) bond motifs is 1. The van der Waals surface area contributed by atoms with Crippen LogP contribution in [-0.2, 0) is 10.4 Å². The van der Waals surface area contributed by atoms with Gasteiger partial charge in [-0.3, -0.25) is 4.79 Å². The number of carbonyl (C=O) groups excluding carboxylic acids is 1. The van der Waals surface area contributed by atoms with Crippen LogP contribution in [0.3, 0.4) is 0 Å². The molecule has 4 rings (SSSR count). The van der Waals surface area contributed by atoms with Gasteiger partial charge < -0.3 is 21.1 Å². The Bertz CT molecular complexity index is 1220. The molecule has 2 aromatic carbocycles. The van der Waals surface area contributed by atoms with Crippen molar-refractivity contribution in [2.45, 2.75) is 5.60 Å². The topological polar surface area (TPSA) is 104 Å². The van der Waals surface area contributed by atoms with E-state index < -0.39 is 5.60 Å². The number of aromatic nitrogens is 2. The molecule has 6 nitrogen and oxygen atoms in total. The van der Waals surface area contributed by atoms with Crippen molar-refractivity contribution in [1.29, 1.82) is 0 Å². The second-order valence-electron chi connectivity index (χ2n) is 7.14. The first-order chi connectivity index (χ1) is 14.9. The largest absolute Gasteiger partial charge is 0.379 e. The number of pyridine rings is 1. The van der Waals surface area contributed by atoms with Crippen molar-refractivity contribution in [2.24, 2.45) is 5.73 Å².